The van der Waals surface area contributed by atoms with E-state index in [0.29, 0.717) is 0 Å². The predicted molar refractivity (Wildman–Crippen MR) is 97.3 cm³/mol. The first kappa shape index (κ1) is 18.6. The lowest BCUT2D eigenvalue weighted by molar-refractivity contribution is -0.127. The van der Waals surface area contributed by atoms with Crippen molar-refractivity contribution < 1.29 is 9.59 Å². The molecule has 7 nitrogen and oxygen atoms in total. The number of nitrogens with one attached hydrogen (secondary N) is 3. The lowest BCUT2D eigenvalue weighted by Crippen LogP contribution is -2.49. The third kappa shape index (κ3) is 5.15. The Kier molecular flexibility index (Phi) is 7.07. The molecule has 3 rings (SSSR count). The van der Waals surface area contributed by atoms with Crippen LogP contribution in [0.2, 0.25) is 0 Å². The van der Waals surface area contributed by atoms with E-state index in [1.807, 2.05) is 0 Å². The second-order valence-electron chi connectivity index (χ2n) is 7.43. The van der Waals surface area contributed by atoms with Crippen LogP contribution < -0.4 is 16.0 Å². The van der Waals surface area contributed by atoms with Crippen molar-refractivity contribution in [1.29, 1.82) is 0 Å². The number of fused-ring (bicyclic) bond motifs is 2. The molecule has 3 aliphatic rings. The molecule has 3 N–H and O–H groups in total. The van der Waals surface area contributed by atoms with Gasteiger partial charge in [0.15, 0.2) is 0 Å². The van der Waals surface area contributed by atoms with Gasteiger partial charge in [0.2, 0.25) is 11.8 Å². The molecule has 0 aromatic heterocycles. The summed E-state index contributed by atoms with van der Waals surface area (Å²) in [7, 11) is 0. The van der Waals surface area contributed by atoms with Gasteiger partial charge in [-0.1, -0.05) is 0 Å². The van der Waals surface area contributed by atoms with Crippen LogP contribution in [-0.2, 0) is 9.59 Å². The van der Waals surface area contributed by atoms with Gasteiger partial charge >= 0.3 is 0 Å². The van der Waals surface area contributed by atoms with Gasteiger partial charge in [0.1, 0.15) is 0 Å². The van der Waals surface area contributed by atoms with Crippen LogP contribution in [0.25, 0.3) is 0 Å². The molecule has 0 unspecified atom stereocenters. The second kappa shape index (κ2) is 9.50. The molecule has 2 atom stereocenters. The molecule has 0 aromatic rings. The molecule has 0 aromatic carbocycles. The molecular weight excluding hydrogens is 318 g/mol. The zero-order valence-electron chi connectivity index (χ0n) is 15.3. The molecule has 25 heavy (non-hydrogen) atoms. The summed E-state index contributed by atoms with van der Waals surface area (Å²) in [6, 6.07) is 0.0250. The van der Waals surface area contributed by atoms with Gasteiger partial charge in [-0.15, -0.1) is 0 Å². The fourth-order valence-electron chi connectivity index (χ4n) is 4.25. The van der Waals surface area contributed by atoms with E-state index in [-0.39, 0.29) is 23.9 Å². The number of hydrogen-bond donors (Lipinski definition) is 3. The smallest absolute Gasteiger partial charge is 0.237 e. The Morgan fingerprint density at radius 3 is 1.60 bits per heavy atom. The Bertz CT molecular complexity index is 419. The van der Waals surface area contributed by atoms with Crippen LogP contribution in [0.5, 0.6) is 0 Å². The standard InChI is InChI=1S/C18H33N5O2/c24-17-15-5-1-11-22(15)13-14-23-12-2-6-16(23)18(25)21-10-4-8-19-7-3-9-20-17/h15-16,19H,1-14H2,(H,20,24)(H,21,25)/t15-,16-/m0/s1. The first-order valence-corrected chi connectivity index (χ1v) is 10.00. The minimum Gasteiger partial charge on any atom is -0.355 e. The summed E-state index contributed by atoms with van der Waals surface area (Å²) in [6.07, 6.45) is 5.97. The number of carbonyl (C=O) groups is 2. The summed E-state index contributed by atoms with van der Waals surface area (Å²) >= 11 is 0. The molecular formula is C18H33N5O2. The van der Waals surface area contributed by atoms with Crippen LogP contribution in [0.1, 0.15) is 38.5 Å². The van der Waals surface area contributed by atoms with Crippen LogP contribution in [-0.4, -0.2) is 86.1 Å². The molecule has 2 amide bonds. The third-order valence-corrected chi connectivity index (χ3v) is 5.67. The average molecular weight is 351 g/mol. The first-order chi connectivity index (χ1) is 12.3. The molecule has 0 spiro atoms. The molecule has 0 bridgehead atoms. The van der Waals surface area contributed by atoms with Gasteiger partial charge in [-0.3, -0.25) is 19.4 Å². The summed E-state index contributed by atoms with van der Waals surface area (Å²) in [5.74, 6) is 0.357. The van der Waals surface area contributed by atoms with E-state index in [1.165, 1.54) is 0 Å². The maximum atomic E-state index is 12.5. The molecule has 142 valence electrons. The van der Waals surface area contributed by atoms with Gasteiger partial charge < -0.3 is 16.0 Å². The fourth-order valence-corrected chi connectivity index (χ4v) is 4.25. The second-order valence-corrected chi connectivity index (χ2v) is 7.43. The molecule has 7 heteroatoms. The Hall–Kier alpha value is -1.18. The molecule has 3 fully saturated rings. The number of nitrogens with zero attached hydrogens (tertiary/aromatic N) is 2. The van der Waals surface area contributed by atoms with Gasteiger partial charge in [0.05, 0.1) is 12.1 Å². The van der Waals surface area contributed by atoms with E-state index < -0.39 is 0 Å². The van der Waals surface area contributed by atoms with E-state index in [4.69, 9.17) is 0 Å². The van der Waals surface area contributed by atoms with Crippen LogP contribution in [0.3, 0.4) is 0 Å². The van der Waals surface area contributed by atoms with E-state index in [9.17, 15) is 9.59 Å². The van der Waals surface area contributed by atoms with Gasteiger partial charge in [-0.05, 0) is 64.7 Å². The van der Waals surface area contributed by atoms with E-state index in [0.717, 1.165) is 90.9 Å². The van der Waals surface area contributed by atoms with Crippen molar-refractivity contribution >= 4 is 11.8 Å². The summed E-state index contributed by atoms with van der Waals surface area (Å²) in [5, 5.41) is 9.58. The summed E-state index contributed by atoms with van der Waals surface area (Å²) in [5.41, 5.74) is 0. The van der Waals surface area contributed by atoms with E-state index >= 15 is 0 Å². The summed E-state index contributed by atoms with van der Waals surface area (Å²) in [6.45, 7) is 7.02. The van der Waals surface area contributed by atoms with Crippen molar-refractivity contribution in [3.05, 3.63) is 0 Å². The van der Waals surface area contributed by atoms with Gasteiger partial charge in [-0.2, -0.15) is 0 Å². The Balaban J connectivity index is 1.60. The Morgan fingerprint density at radius 2 is 1.12 bits per heavy atom. The number of hydrogen-bond acceptors (Lipinski definition) is 5. The number of carbonyl (C=O) groups excluding carboxylic acids is 2. The highest BCUT2D eigenvalue weighted by molar-refractivity contribution is 5.82. The molecule has 3 aliphatic heterocycles. The molecule has 3 saturated heterocycles. The van der Waals surface area contributed by atoms with Gasteiger partial charge in [0, 0.05) is 26.2 Å². The van der Waals surface area contributed by atoms with Crippen LogP contribution >= 0.6 is 0 Å². The van der Waals surface area contributed by atoms with Crippen molar-refractivity contribution in [2.45, 2.75) is 50.6 Å². The molecule has 0 saturated carbocycles. The van der Waals surface area contributed by atoms with Gasteiger partial charge in [0.25, 0.3) is 0 Å². The number of amides is 2. The highest BCUT2D eigenvalue weighted by Crippen LogP contribution is 2.20. The predicted octanol–water partition coefficient (Wildman–Crippen LogP) is -0.469. The molecule has 0 radical (unpaired) electrons. The highest BCUT2D eigenvalue weighted by atomic mass is 16.2. The topological polar surface area (TPSA) is 76.7 Å². The minimum absolute atomic E-state index is 0.0125. The zero-order valence-corrected chi connectivity index (χ0v) is 15.3. The zero-order chi connectivity index (χ0) is 17.5. The lowest BCUT2D eigenvalue weighted by atomic mass is 10.2. The van der Waals surface area contributed by atoms with E-state index in [2.05, 4.69) is 25.8 Å². The fraction of sp³-hybridized carbons (Fsp3) is 0.889. The largest absolute Gasteiger partial charge is 0.355 e. The average Bonchev–Trinajstić information content (AvgIpc) is 3.26. The van der Waals surface area contributed by atoms with Crippen molar-refractivity contribution in [3.63, 3.8) is 0 Å². The highest BCUT2D eigenvalue weighted by Gasteiger charge is 2.33. The summed E-state index contributed by atoms with van der Waals surface area (Å²) in [4.78, 5) is 29.6. The maximum Gasteiger partial charge on any atom is 0.237 e. The monoisotopic (exact) mass is 351 g/mol. The SMILES string of the molecule is O=C1NCCCNCCCNC(=O)[C@@H]2CCCN2CCN2CCC[C@@H]12. The van der Waals surface area contributed by atoms with Crippen LogP contribution in [0, 0.1) is 0 Å². The Labute approximate surface area is 150 Å². The van der Waals surface area contributed by atoms with Crippen molar-refractivity contribution in [1.82, 2.24) is 25.8 Å². The molecule has 0 aliphatic carbocycles. The lowest BCUT2D eigenvalue weighted by Gasteiger charge is -2.28. The number of rotatable bonds is 0. The third-order valence-electron chi connectivity index (χ3n) is 5.67. The minimum atomic E-state index is 0.0125. The van der Waals surface area contributed by atoms with Crippen molar-refractivity contribution in [3.8, 4) is 0 Å². The first-order valence-electron chi connectivity index (χ1n) is 10.00. The molecule has 3 heterocycles. The quantitative estimate of drug-likeness (QED) is 0.550. The Morgan fingerprint density at radius 1 is 0.640 bits per heavy atom. The van der Waals surface area contributed by atoms with Gasteiger partial charge in [-0.25, -0.2) is 0 Å². The van der Waals surface area contributed by atoms with E-state index in [1.54, 1.807) is 0 Å². The summed E-state index contributed by atoms with van der Waals surface area (Å²) < 4.78 is 0. The van der Waals surface area contributed by atoms with Crippen molar-refractivity contribution in [2.75, 3.05) is 52.4 Å². The maximum absolute atomic E-state index is 12.5. The van der Waals surface area contributed by atoms with Crippen LogP contribution in [0.15, 0.2) is 0 Å². The van der Waals surface area contributed by atoms with Crippen molar-refractivity contribution in [2.24, 2.45) is 0 Å². The normalized spacial score (nSPS) is 31.7. The van der Waals surface area contributed by atoms with Crippen LogP contribution in [0.4, 0.5) is 0 Å².